The summed E-state index contributed by atoms with van der Waals surface area (Å²) in [5.41, 5.74) is 0.891. The van der Waals surface area contributed by atoms with Crippen LogP contribution in [0.4, 0.5) is 5.69 Å². The van der Waals surface area contributed by atoms with Gasteiger partial charge in [0, 0.05) is 16.8 Å². The zero-order chi connectivity index (χ0) is 15.9. The number of nitrogens with one attached hydrogen (secondary N) is 1. The highest BCUT2D eigenvalue weighted by Gasteiger charge is 2.11. The molecule has 0 spiro atoms. The van der Waals surface area contributed by atoms with Crippen molar-refractivity contribution < 1.29 is 14.3 Å². The van der Waals surface area contributed by atoms with Crippen LogP contribution in [0, 0.1) is 0 Å². The van der Waals surface area contributed by atoms with Crippen molar-refractivity contribution >= 4 is 40.9 Å². The molecule has 7 heteroatoms. The summed E-state index contributed by atoms with van der Waals surface area (Å²) in [4.78, 5) is 28.3. The molecule has 1 amide bonds. The quantitative estimate of drug-likeness (QED) is 0.515. The fraction of sp³-hybridized carbons (Fsp3) is 0.133. The molecule has 0 aliphatic heterocycles. The molecule has 5 nitrogen and oxygen atoms in total. The smallest absolute Gasteiger partial charge is 0.340 e. The molecule has 0 saturated carbocycles. The number of carbonyl (C=O) groups is 2. The molecule has 0 aliphatic carbocycles. The number of pyridine rings is 1. The topological polar surface area (TPSA) is 68.3 Å². The fourth-order valence-electron chi connectivity index (χ4n) is 1.61. The molecule has 1 aromatic carbocycles. The summed E-state index contributed by atoms with van der Waals surface area (Å²) in [6.07, 6.45) is 3.24. The first-order chi connectivity index (χ1) is 10.6. The predicted molar refractivity (Wildman–Crippen MR) is 86.4 cm³/mol. The normalized spacial score (nSPS) is 10.1. The van der Waals surface area contributed by atoms with Gasteiger partial charge in [-0.1, -0.05) is 17.7 Å². The van der Waals surface area contributed by atoms with Gasteiger partial charge in [-0.3, -0.25) is 4.79 Å². The van der Waals surface area contributed by atoms with Gasteiger partial charge in [0.15, 0.2) is 6.61 Å². The van der Waals surface area contributed by atoms with Gasteiger partial charge < -0.3 is 10.1 Å². The maximum atomic E-state index is 11.8. The number of hydrogen-bond acceptors (Lipinski definition) is 5. The van der Waals surface area contributed by atoms with Crippen LogP contribution in [0.25, 0.3) is 0 Å². The van der Waals surface area contributed by atoms with E-state index in [1.165, 1.54) is 18.3 Å². The van der Waals surface area contributed by atoms with E-state index in [1.807, 2.05) is 24.5 Å². The summed E-state index contributed by atoms with van der Waals surface area (Å²) in [6, 6.07) is 10.3. The Morgan fingerprint density at radius 3 is 2.82 bits per heavy atom. The first-order valence-corrected chi connectivity index (χ1v) is 7.91. The lowest BCUT2D eigenvalue weighted by atomic mass is 10.3. The zero-order valence-electron chi connectivity index (χ0n) is 11.7. The first kappa shape index (κ1) is 16.3. The van der Waals surface area contributed by atoms with Crippen LogP contribution in [0.15, 0.2) is 47.5 Å². The monoisotopic (exact) mass is 336 g/mol. The Labute approximate surface area is 137 Å². The Bertz CT molecular complexity index is 677. The summed E-state index contributed by atoms with van der Waals surface area (Å²) < 4.78 is 4.92. The van der Waals surface area contributed by atoms with Crippen LogP contribution < -0.4 is 5.32 Å². The van der Waals surface area contributed by atoms with E-state index < -0.39 is 11.9 Å². The number of hydrogen-bond donors (Lipinski definition) is 1. The standard InChI is InChI=1S/C15H13ClN2O3S/c1-22-12-4-2-3-11(7-12)18-14(19)9-21-15(20)10-5-6-13(16)17-8-10/h2-8H,9H2,1H3,(H,18,19). The Kier molecular flexibility index (Phi) is 5.80. The van der Waals surface area contributed by atoms with Crippen LogP contribution in [-0.2, 0) is 9.53 Å². The Hall–Kier alpha value is -2.05. The molecule has 0 saturated heterocycles. The number of halogens is 1. The average molecular weight is 337 g/mol. The predicted octanol–water partition coefficient (Wildman–Crippen LogP) is 3.25. The van der Waals surface area contributed by atoms with Gasteiger partial charge in [-0.05, 0) is 36.6 Å². The van der Waals surface area contributed by atoms with E-state index in [4.69, 9.17) is 16.3 Å². The van der Waals surface area contributed by atoms with Crippen LogP contribution in [0.2, 0.25) is 5.15 Å². The summed E-state index contributed by atoms with van der Waals surface area (Å²) in [6.45, 7) is -0.370. The number of ether oxygens (including phenoxy) is 1. The number of rotatable bonds is 5. The summed E-state index contributed by atoms with van der Waals surface area (Å²) in [5, 5.41) is 2.95. The molecular weight excluding hydrogens is 324 g/mol. The number of thioether (sulfide) groups is 1. The highest BCUT2D eigenvalue weighted by atomic mass is 35.5. The van der Waals surface area contributed by atoms with Crippen molar-refractivity contribution in [2.75, 3.05) is 18.2 Å². The van der Waals surface area contributed by atoms with E-state index in [0.717, 1.165) is 4.90 Å². The van der Waals surface area contributed by atoms with Gasteiger partial charge in [0.1, 0.15) is 5.15 Å². The third-order valence-corrected chi connectivity index (χ3v) is 3.60. The van der Waals surface area contributed by atoms with Crippen molar-refractivity contribution in [3.05, 3.63) is 53.3 Å². The third-order valence-electron chi connectivity index (χ3n) is 2.65. The van der Waals surface area contributed by atoms with Crippen LogP contribution in [0.1, 0.15) is 10.4 Å². The maximum absolute atomic E-state index is 11.8. The van der Waals surface area contributed by atoms with E-state index >= 15 is 0 Å². The lowest BCUT2D eigenvalue weighted by molar-refractivity contribution is -0.119. The van der Waals surface area contributed by atoms with Crippen molar-refractivity contribution in [3.63, 3.8) is 0 Å². The molecule has 1 N–H and O–H groups in total. The van der Waals surface area contributed by atoms with E-state index in [1.54, 1.807) is 17.8 Å². The molecular formula is C15H13ClN2O3S. The minimum absolute atomic E-state index is 0.238. The molecule has 22 heavy (non-hydrogen) atoms. The minimum atomic E-state index is -0.628. The highest BCUT2D eigenvalue weighted by molar-refractivity contribution is 7.98. The van der Waals surface area contributed by atoms with Crippen molar-refractivity contribution in [3.8, 4) is 0 Å². The number of anilines is 1. The second-order valence-corrected chi connectivity index (χ2v) is 5.49. The maximum Gasteiger partial charge on any atom is 0.340 e. The van der Waals surface area contributed by atoms with Crippen LogP contribution in [-0.4, -0.2) is 29.7 Å². The van der Waals surface area contributed by atoms with Crippen molar-refractivity contribution in [1.82, 2.24) is 4.98 Å². The average Bonchev–Trinajstić information content (AvgIpc) is 2.53. The van der Waals surface area contributed by atoms with Gasteiger partial charge in [0.2, 0.25) is 0 Å². The molecule has 2 rings (SSSR count). The fourth-order valence-corrected chi connectivity index (χ4v) is 2.18. The molecule has 0 aliphatic rings. The Morgan fingerprint density at radius 2 is 2.14 bits per heavy atom. The second-order valence-electron chi connectivity index (χ2n) is 4.23. The molecule has 1 heterocycles. The van der Waals surface area contributed by atoms with Gasteiger partial charge in [0.25, 0.3) is 5.91 Å². The van der Waals surface area contributed by atoms with E-state index in [0.29, 0.717) is 5.69 Å². The number of esters is 1. The molecule has 0 fully saturated rings. The largest absolute Gasteiger partial charge is 0.452 e. The number of nitrogens with zero attached hydrogens (tertiary/aromatic N) is 1. The number of carbonyl (C=O) groups excluding carboxylic acids is 2. The van der Waals surface area contributed by atoms with E-state index in [9.17, 15) is 9.59 Å². The molecule has 2 aromatic rings. The first-order valence-electron chi connectivity index (χ1n) is 6.31. The van der Waals surface area contributed by atoms with Crippen LogP contribution in [0.3, 0.4) is 0 Å². The third kappa shape index (κ3) is 4.75. The van der Waals surface area contributed by atoms with Gasteiger partial charge in [-0.25, -0.2) is 9.78 Å². The lowest BCUT2D eigenvalue weighted by Crippen LogP contribution is -2.21. The summed E-state index contributed by atoms with van der Waals surface area (Å²) in [7, 11) is 0. The molecule has 0 atom stereocenters. The van der Waals surface area contributed by atoms with Crippen LogP contribution >= 0.6 is 23.4 Å². The van der Waals surface area contributed by atoms with E-state index in [-0.39, 0.29) is 17.3 Å². The van der Waals surface area contributed by atoms with Gasteiger partial charge >= 0.3 is 5.97 Å². The van der Waals surface area contributed by atoms with Gasteiger partial charge in [0.05, 0.1) is 5.56 Å². The minimum Gasteiger partial charge on any atom is -0.452 e. The highest BCUT2D eigenvalue weighted by Crippen LogP contribution is 2.18. The van der Waals surface area contributed by atoms with Crippen LogP contribution in [0.5, 0.6) is 0 Å². The Morgan fingerprint density at radius 1 is 1.32 bits per heavy atom. The number of benzene rings is 1. The Balaban J connectivity index is 1.87. The number of amides is 1. The van der Waals surface area contributed by atoms with Crippen molar-refractivity contribution in [1.29, 1.82) is 0 Å². The summed E-state index contributed by atoms with van der Waals surface area (Å²) >= 11 is 7.20. The molecule has 0 bridgehead atoms. The van der Waals surface area contributed by atoms with Crippen molar-refractivity contribution in [2.45, 2.75) is 4.90 Å². The molecule has 0 radical (unpaired) electrons. The molecule has 114 valence electrons. The van der Waals surface area contributed by atoms with Gasteiger partial charge in [-0.15, -0.1) is 11.8 Å². The van der Waals surface area contributed by atoms with Gasteiger partial charge in [-0.2, -0.15) is 0 Å². The number of aromatic nitrogens is 1. The summed E-state index contributed by atoms with van der Waals surface area (Å²) in [5.74, 6) is -1.04. The SMILES string of the molecule is CSc1cccc(NC(=O)COC(=O)c2ccc(Cl)nc2)c1. The molecule has 1 aromatic heterocycles. The second kappa shape index (κ2) is 7.82. The lowest BCUT2D eigenvalue weighted by Gasteiger charge is -2.07. The molecule has 0 unspecified atom stereocenters. The van der Waals surface area contributed by atoms with E-state index in [2.05, 4.69) is 10.3 Å². The zero-order valence-corrected chi connectivity index (χ0v) is 13.3. The van der Waals surface area contributed by atoms with Crippen molar-refractivity contribution in [2.24, 2.45) is 0 Å².